The fraction of sp³-hybridized carbons (Fsp3) is 0.111. The number of benzene rings is 1. The Morgan fingerprint density at radius 3 is 2.73 bits per heavy atom. The monoisotopic (exact) mass is 243 g/mol. The highest BCUT2D eigenvalue weighted by molar-refractivity contribution is 6.42. The van der Waals surface area contributed by atoms with E-state index in [2.05, 4.69) is 10.3 Å². The molecule has 0 aliphatic carbocycles. The van der Waals surface area contributed by atoms with Gasteiger partial charge < -0.3 is 5.11 Å². The van der Waals surface area contributed by atoms with Crippen molar-refractivity contribution in [2.75, 3.05) is 0 Å². The van der Waals surface area contributed by atoms with Gasteiger partial charge in [0.25, 0.3) is 0 Å². The smallest absolute Gasteiger partial charge is 0.0900 e. The van der Waals surface area contributed by atoms with Gasteiger partial charge in [0.1, 0.15) is 0 Å². The van der Waals surface area contributed by atoms with Crippen molar-refractivity contribution < 1.29 is 5.11 Å². The van der Waals surface area contributed by atoms with Gasteiger partial charge in [-0.25, -0.2) is 4.68 Å². The molecular formula is C9H7Cl2N3O. The van der Waals surface area contributed by atoms with Crippen molar-refractivity contribution in [1.82, 2.24) is 15.0 Å². The third-order valence-corrected chi connectivity index (χ3v) is 2.67. The summed E-state index contributed by atoms with van der Waals surface area (Å²) in [4.78, 5) is 0. The molecule has 0 atom stereocenters. The van der Waals surface area contributed by atoms with Crippen molar-refractivity contribution in [1.29, 1.82) is 0 Å². The highest BCUT2D eigenvalue weighted by Gasteiger charge is 2.06. The first kappa shape index (κ1) is 10.4. The number of halogens is 2. The van der Waals surface area contributed by atoms with Gasteiger partial charge in [0.15, 0.2) is 0 Å². The van der Waals surface area contributed by atoms with Crippen LogP contribution in [0.4, 0.5) is 0 Å². The summed E-state index contributed by atoms with van der Waals surface area (Å²) in [5, 5.41) is 17.5. The molecule has 0 amide bonds. The van der Waals surface area contributed by atoms with Crippen molar-refractivity contribution in [2.24, 2.45) is 0 Å². The van der Waals surface area contributed by atoms with Crippen LogP contribution in [-0.4, -0.2) is 20.1 Å². The van der Waals surface area contributed by atoms with E-state index in [1.54, 1.807) is 18.2 Å². The number of hydrogen-bond acceptors (Lipinski definition) is 3. The molecule has 0 spiro atoms. The van der Waals surface area contributed by atoms with Crippen molar-refractivity contribution >= 4 is 23.2 Å². The molecule has 2 rings (SSSR count). The lowest BCUT2D eigenvalue weighted by Crippen LogP contribution is -2.01. The zero-order valence-corrected chi connectivity index (χ0v) is 9.07. The molecule has 0 saturated heterocycles. The van der Waals surface area contributed by atoms with E-state index in [-0.39, 0.29) is 6.61 Å². The third-order valence-electron chi connectivity index (χ3n) is 1.93. The number of rotatable bonds is 2. The Kier molecular flexibility index (Phi) is 2.90. The molecule has 0 aliphatic heterocycles. The van der Waals surface area contributed by atoms with E-state index in [4.69, 9.17) is 28.3 Å². The summed E-state index contributed by atoms with van der Waals surface area (Å²) in [6, 6.07) is 5.09. The maximum atomic E-state index is 9.03. The largest absolute Gasteiger partial charge is 0.390 e. The summed E-state index contributed by atoms with van der Waals surface area (Å²) in [5.41, 5.74) is 1.30. The normalized spacial score (nSPS) is 10.6. The second-order valence-corrected chi connectivity index (χ2v) is 3.71. The van der Waals surface area contributed by atoms with Crippen molar-refractivity contribution in [3.8, 4) is 5.69 Å². The zero-order valence-electron chi connectivity index (χ0n) is 7.56. The van der Waals surface area contributed by atoms with Crippen LogP contribution in [0.25, 0.3) is 5.69 Å². The maximum absolute atomic E-state index is 9.03. The van der Waals surface area contributed by atoms with E-state index in [0.29, 0.717) is 21.4 Å². The topological polar surface area (TPSA) is 50.9 Å². The van der Waals surface area contributed by atoms with Gasteiger partial charge in [-0.1, -0.05) is 28.4 Å². The SMILES string of the molecule is OCc1cnnn1-c1ccc(Cl)c(Cl)c1. The lowest BCUT2D eigenvalue weighted by molar-refractivity contribution is 0.273. The summed E-state index contributed by atoms with van der Waals surface area (Å²) < 4.78 is 1.50. The Labute approximate surface area is 96.0 Å². The van der Waals surface area contributed by atoms with Gasteiger partial charge in [0, 0.05) is 0 Å². The molecule has 15 heavy (non-hydrogen) atoms. The predicted molar refractivity (Wildman–Crippen MR) is 57.3 cm³/mol. The van der Waals surface area contributed by atoms with Gasteiger partial charge in [-0.05, 0) is 18.2 Å². The molecule has 0 saturated carbocycles. The van der Waals surface area contributed by atoms with Crippen LogP contribution in [-0.2, 0) is 6.61 Å². The molecular weight excluding hydrogens is 237 g/mol. The zero-order chi connectivity index (χ0) is 10.8. The minimum atomic E-state index is -0.132. The molecule has 1 heterocycles. The van der Waals surface area contributed by atoms with Crippen molar-refractivity contribution in [3.05, 3.63) is 40.1 Å². The van der Waals surface area contributed by atoms with E-state index in [9.17, 15) is 0 Å². The fourth-order valence-corrected chi connectivity index (χ4v) is 1.49. The fourth-order valence-electron chi connectivity index (χ4n) is 1.20. The van der Waals surface area contributed by atoms with E-state index in [1.807, 2.05) is 0 Å². The highest BCUT2D eigenvalue weighted by atomic mass is 35.5. The first-order valence-corrected chi connectivity index (χ1v) is 4.94. The first-order valence-electron chi connectivity index (χ1n) is 4.18. The van der Waals surface area contributed by atoms with Gasteiger partial charge in [0.2, 0.25) is 0 Å². The quantitative estimate of drug-likeness (QED) is 0.879. The molecule has 0 aliphatic rings. The molecule has 1 aromatic heterocycles. The second kappa shape index (κ2) is 4.18. The van der Waals surface area contributed by atoms with Gasteiger partial charge in [-0.2, -0.15) is 0 Å². The van der Waals surface area contributed by atoms with Crippen LogP contribution in [0.2, 0.25) is 10.0 Å². The standard InChI is InChI=1S/C9H7Cl2N3O/c10-8-2-1-6(3-9(8)11)14-7(5-15)4-12-13-14/h1-4,15H,5H2. The summed E-state index contributed by atoms with van der Waals surface area (Å²) >= 11 is 11.7. The van der Waals surface area contributed by atoms with Gasteiger partial charge in [-0.15, -0.1) is 5.10 Å². The van der Waals surface area contributed by atoms with Crippen LogP contribution in [0.15, 0.2) is 24.4 Å². The lowest BCUT2D eigenvalue weighted by Gasteiger charge is -2.04. The van der Waals surface area contributed by atoms with E-state index in [1.165, 1.54) is 10.9 Å². The van der Waals surface area contributed by atoms with Crippen molar-refractivity contribution in [2.45, 2.75) is 6.61 Å². The molecule has 1 N–H and O–H groups in total. The Hall–Kier alpha value is -1.10. The minimum absolute atomic E-state index is 0.132. The lowest BCUT2D eigenvalue weighted by atomic mass is 10.3. The Morgan fingerprint density at radius 1 is 1.27 bits per heavy atom. The molecule has 0 bridgehead atoms. The summed E-state index contributed by atoms with van der Waals surface area (Å²) in [6.07, 6.45) is 1.49. The molecule has 0 fully saturated rings. The Morgan fingerprint density at radius 2 is 2.07 bits per heavy atom. The number of nitrogens with zero attached hydrogens (tertiary/aromatic N) is 3. The maximum Gasteiger partial charge on any atom is 0.0900 e. The van der Waals surface area contributed by atoms with Crippen LogP contribution in [0.5, 0.6) is 0 Å². The van der Waals surface area contributed by atoms with Crippen LogP contribution < -0.4 is 0 Å². The number of aromatic nitrogens is 3. The molecule has 6 heteroatoms. The van der Waals surface area contributed by atoms with Gasteiger partial charge >= 0.3 is 0 Å². The second-order valence-electron chi connectivity index (χ2n) is 2.89. The predicted octanol–water partition coefficient (Wildman–Crippen LogP) is 2.07. The summed E-state index contributed by atoms with van der Waals surface area (Å²) in [6.45, 7) is -0.132. The number of aliphatic hydroxyl groups is 1. The van der Waals surface area contributed by atoms with Gasteiger partial charge in [-0.3, -0.25) is 0 Å². The van der Waals surface area contributed by atoms with E-state index < -0.39 is 0 Å². The van der Waals surface area contributed by atoms with Crippen LogP contribution in [0, 0.1) is 0 Å². The molecule has 0 unspecified atom stereocenters. The summed E-state index contributed by atoms with van der Waals surface area (Å²) in [5.74, 6) is 0. The molecule has 0 radical (unpaired) electrons. The van der Waals surface area contributed by atoms with Gasteiger partial charge in [0.05, 0.1) is 34.2 Å². The number of aliphatic hydroxyl groups excluding tert-OH is 1. The Bertz CT molecular complexity index is 484. The third kappa shape index (κ3) is 1.97. The van der Waals surface area contributed by atoms with E-state index in [0.717, 1.165) is 0 Å². The molecule has 4 nitrogen and oxygen atoms in total. The average Bonchev–Trinajstić information content (AvgIpc) is 2.70. The number of hydrogen-bond donors (Lipinski definition) is 1. The first-order chi connectivity index (χ1) is 7.22. The van der Waals surface area contributed by atoms with E-state index >= 15 is 0 Å². The molecule has 2 aromatic rings. The van der Waals surface area contributed by atoms with Crippen LogP contribution in [0.3, 0.4) is 0 Å². The van der Waals surface area contributed by atoms with Crippen LogP contribution in [0.1, 0.15) is 5.69 Å². The van der Waals surface area contributed by atoms with Crippen molar-refractivity contribution in [3.63, 3.8) is 0 Å². The molecule has 1 aromatic carbocycles. The minimum Gasteiger partial charge on any atom is -0.390 e. The van der Waals surface area contributed by atoms with Crippen LogP contribution >= 0.6 is 23.2 Å². The Balaban J connectivity index is 2.50. The highest BCUT2D eigenvalue weighted by Crippen LogP contribution is 2.24. The summed E-state index contributed by atoms with van der Waals surface area (Å²) in [7, 11) is 0. The average molecular weight is 244 g/mol. The molecule has 78 valence electrons.